The summed E-state index contributed by atoms with van der Waals surface area (Å²) < 4.78 is 0. The van der Waals surface area contributed by atoms with Crippen LogP contribution in [0.15, 0.2) is 30.3 Å². The van der Waals surface area contributed by atoms with Crippen molar-refractivity contribution in [3.8, 4) is 0 Å². The molecule has 1 aliphatic rings. The maximum absolute atomic E-state index is 10.5. The summed E-state index contributed by atoms with van der Waals surface area (Å²) in [5.41, 5.74) is 1.14. The van der Waals surface area contributed by atoms with E-state index in [-0.39, 0.29) is 10.6 Å². The summed E-state index contributed by atoms with van der Waals surface area (Å²) in [4.78, 5) is 10.1. The molecule has 0 bridgehead atoms. The second-order valence-electron chi connectivity index (χ2n) is 4.26. The van der Waals surface area contributed by atoms with Crippen LogP contribution in [0.4, 0.5) is 5.69 Å². The molecule has 1 fully saturated rings. The quantitative estimate of drug-likeness (QED) is 0.644. The Morgan fingerprint density at radius 2 is 2.06 bits per heavy atom. The van der Waals surface area contributed by atoms with E-state index in [1.54, 1.807) is 12.1 Å². The van der Waals surface area contributed by atoms with Crippen molar-refractivity contribution in [1.82, 2.24) is 5.32 Å². The van der Waals surface area contributed by atoms with Gasteiger partial charge in [0, 0.05) is 18.2 Å². The third kappa shape index (κ3) is 3.39. The fourth-order valence-electron chi connectivity index (χ4n) is 1.98. The van der Waals surface area contributed by atoms with E-state index in [9.17, 15) is 10.1 Å². The van der Waals surface area contributed by atoms with Gasteiger partial charge in [0.15, 0.2) is 0 Å². The summed E-state index contributed by atoms with van der Waals surface area (Å²) in [6.45, 7) is 1.08. The number of nitro benzene ring substituents is 1. The first-order chi connectivity index (χ1) is 8.25. The van der Waals surface area contributed by atoms with Gasteiger partial charge < -0.3 is 5.32 Å². The van der Waals surface area contributed by atoms with E-state index in [1.165, 1.54) is 31.4 Å². The van der Waals surface area contributed by atoms with Crippen LogP contribution < -0.4 is 5.32 Å². The minimum absolute atomic E-state index is 0.137. The van der Waals surface area contributed by atoms with Crippen molar-refractivity contribution in [3.63, 3.8) is 0 Å². The largest absolute Gasteiger partial charge is 0.311 e. The van der Waals surface area contributed by atoms with E-state index < -0.39 is 0 Å². The van der Waals surface area contributed by atoms with Gasteiger partial charge in [0.25, 0.3) is 5.69 Å². The highest BCUT2D eigenvalue weighted by Crippen LogP contribution is 2.14. The Kier molecular flexibility index (Phi) is 3.88. The molecular weight excluding hydrogens is 216 g/mol. The number of hydrogen-bond acceptors (Lipinski definition) is 3. The SMILES string of the molecule is O=[N+]([O-])c1ccc(/C=C/C2CCCCN2)cc1. The molecule has 90 valence electrons. The predicted molar refractivity (Wildman–Crippen MR) is 67.8 cm³/mol. The summed E-state index contributed by atoms with van der Waals surface area (Å²) in [5.74, 6) is 0. The maximum atomic E-state index is 10.5. The summed E-state index contributed by atoms with van der Waals surface area (Å²) >= 11 is 0. The molecule has 2 rings (SSSR count). The number of hydrogen-bond donors (Lipinski definition) is 1. The van der Waals surface area contributed by atoms with Crippen LogP contribution in [0.5, 0.6) is 0 Å². The van der Waals surface area contributed by atoms with Crippen molar-refractivity contribution in [2.75, 3.05) is 6.54 Å². The smallest absolute Gasteiger partial charge is 0.269 e. The molecule has 4 nitrogen and oxygen atoms in total. The Balaban J connectivity index is 1.98. The molecule has 0 aliphatic carbocycles. The molecule has 1 aromatic rings. The molecule has 0 saturated carbocycles. The van der Waals surface area contributed by atoms with Gasteiger partial charge in [-0.1, -0.05) is 18.6 Å². The third-order valence-electron chi connectivity index (χ3n) is 2.97. The second-order valence-corrected chi connectivity index (χ2v) is 4.26. The molecule has 1 heterocycles. The summed E-state index contributed by atoms with van der Waals surface area (Å²) in [5, 5.41) is 13.9. The van der Waals surface area contributed by atoms with Crippen LogP contribution in [0.2, 0.25) is 0 Å². The van der Waals surface area contributed by atoms with E-state index in [0.717, 1.165) is 12.1 Å². The van der Waals surface area contributed by atoms with Gasteiger partial charge in [-0.15, -0.1) is 0 Å². The summed E-state index contributed by atoms with van der Waals surface area (Å²) in [6, 6.07) is 7.07. The van der Waals surface area contributed by atoms with Gasteiger partial charge in [0.2, 0.25) is 0 Å². The highest BCUT2D eigenvalue weighted by molar-refractivity contribution is 5.52. The van der Waals surface area contributed by atoms with Crippen molar-refractivity contribution in [3.05, 3.63) is 46.0 Å². The Labute approximate surface area is 100 Å². The van der Waals surface area contributed by atoms with Gasteiger partial charge in [0.1, 0.15) is 0 Å². The second kappa shape index (κ2) is 5.59. The maximum Gasteiger partial charge on any atom is 0.269 e. The highest BCUT2D eigenvalue weighted by atomic mass is 16.6. The average molecular weight is 232 g/mol. The van der Waals surface area contributed by atoms with Crippen LogP contribution in [-0.4, -0.2) is 17.5 Å². The zero-order chi connectivity index (χ0) is 12.1. The standard InChI is InChI=1S/C13H16N2O2/c16-15(17)13-8-5-11(6-9-13)4-7-12-3-1-2-10-14-12/h4-9,12,14H,1-3,10H2/b7-4+. The Bertz CT molecular complexity index is 406. The van der Waals surface area contributed by atoms with Crippen molar-refractivity contribution >= 4 is 11.8 Å². The Morgan fingerprint density at radius 1 is 1.29 bits per heavy atom. The summed E-state index contributed by atoms with van der Waals surface area (Å²) in [7, 11) is 0. The van der Waals surface area contributed by atoms with Gasteiger partial charge in [-0.05, 0) is 37.1 Å². The molecule has 1 saturated heterocycles. The first-order valence-corrected chi connectivity index (χ1v) is 5.92. The zero-order valence-electron chi connectivity index (χ0n) is 9.63. The van der Waals surface area contributed by atoms with Crippen LogP contribution >= 0.6 is 0 Å². The van der Waals surface area contributed by atoms with Crippen molar-refractivity contribution < 1.29 is 4.92 Å². The van der Waals surface area contributed by atoms with E-state index in [1.807, 2.05) is 6.08 Å². The topological polar surface area (TPSA) is 55.2 Å². The number of nitrogens with one attached hydrogen (secondary N) is 1. The van der Waals surface area contributed by atoms with E-state index >= 15 is 0 Å². The van der Waals surface area contributed by atoms with Gasteiger partial charge in [-0.2, -0.15) is 0 Å². The van der Waals surface area contributed by atoms with Crippen LogP contribution in [-0.2, 0) is 0 Å². The molecule has 17 heavy (non-hydrogen) atoms. The number of nitrogens with zero attached hydrogens (tertiary/aromatic N) is 1. The van der Waals surface area contributed by atoms with Gasteiger partial charge >= 0.3 is 0 Å². The van der Waals surface area contributed by atoms with Crippen LogP contribution in [0.1, 0.15) is 24.8 Å². The minimum Gasteiger partial charge on any atom is -0.311 e. The molecule has 1 aliphatic heterocycles. The molecule has 1 unspecified atom stereocenters. The van der Waals surface area contributed by atoms with E-state index in [4.69, 9.17) is 0 Å². The third-order valence-corrected chi connectivity index (χ3v) is 2.97. The average Bonchev–Trinajstić information content (AvgIpc) is 2.38. The highest BCUT2D eigenvalue weighted by Gasteiger charge is 2.08. The van der Waals surface area contributed by atoms with E-state index in [0.29, 0.717) is 6.04 Å². The van der Waals surface area contributed by atoms with Crippen molar-refractivity contribution in [2.24, 2.45) is 0 Å². The fraction of sp³-hybridized carbons (Fsp3) is 0.385. The van der Waals surface area contributed by atoms with Gasteiger partial charge in [-0.3, -0.25) is 10.1 Å². The number of nitro groups is 1. The zero-order valence-corrected chi connectivity index (χ0v) is 9.63. The lowest BCUT2D eigenvalue weighted by Gasteiger charge is -2.19. The normalized spacial score (nSPS) is 20.6. The molecule has 0 spiro atoms. The molecule has 1 aromatic carbocycles. The molecule has 1 N–H and O–H groups in total. The molecule has 0 radical (unpaired) electrons. The van der Waals surface area contributed by atoms with Crippen LogP contribution in [0, 0.1) is 10.1 Å². The minimum atomic E-state index is -0.379. The Hall–Kier alpha value is -1.68. The summed E-state index contributed by atoms with van der Waals surface area (Å²) in [6.07, 6.45) is 7.85. The molecule has 4 heteroatoms. The lowest BCUT2D eigenvalue weighted by atomic mass is 10.0. The van der Waals surface area contributed by atoms with Crippen LogP contribution in [0.25, 0.3) is 6.08 Å². The predicted octanol–water partition coefficient (Wildman–Crippen LogP) is 2.75. The first kappa shape index (κ1) is 11.8. The monoisotopic (exact) mass is 232 g/mol. The number of benzene rings is 1. The number of non-ortho nitro benzene ring substituents is 1. The molecular formula is C13H16N2O2. The molecule has 0 aromatic heterocycles. The Morgan fingerprint density at radius 3 is 2.65 bits per heavy atom. The number of rotatable bonds is 3. The van der Waals surface area contributed by atoms with Crippen LogP contribution in [0.3, 0.4) is 0 Å². The fourth-order valence-corrected chi connectivity index (χ4v) is 1.98. The van der Waals surface area contributed by atoms with E-state index in [2.05, 4.69) is 11.4 Å². The van der Waals surface area contributed by atoms with Gasteiger partial charge in [0.05, 0.1) is 4.92 Å². The first-order valence-electron chi connectivity index (χ1n) is 5.92. The molecule has 0 amide bonds. The van der Waals surface area contributed by atoms with Crippen molar-refractivity contribution in [1.29, 1.82) is 0 Å². The molecule has 1 atom stereocenters. The van der Waals surface area contributed by atoms with Crippen molar-refractivity contribution in [2.45, 2.75) is 25.3 Å². The lowest BCUT2D eigenvalue weighted by molar-refractivity contribution is -0.384. The van der Waals surface area contributed by atoms with Gasteiger partial charge in [-0.25, -0.2) is 0 Å². The number of piperidine rings is 1. The lowest BCUT2D eigenvalue weighted by Crippen LogP contribution is -2.31.